The van der Waals surface area contributed by atoms with Crippen molar-refractivity contribution in [3.05, 3.63) is 65.2 Å². The molecule has 0 heterocycles. The first-order valence-electron chi connectivity index (χ1n) is 9.93. The fraction of sp³-hybridized carbons (Fsp3) is 0.391. The molecule has 0 aromatic heterocycles. The second-order valence-corrected chi connectivity index (χ2v) is 7.34. The Balaban J connectivity index is 1.94. The highest BCUT2D eigenvalue weighted by Gasteiger charge is 2.20. The van der Waals surface area contributed by atoms with E-state index in [0.29, 0.717) is 13.2 Å². The summed E-state index contributed by atoms with van der Waals surface area (Å²) < 4.78 is 5.15. The van der Waals surface area contributed by atoms with Gasteiger partial charge in [0.05, 0.1) is 12.6 Å². The predicted molar refractivity (Wildman–Crippen MR) is 115 cm³/mol. The number of hydrogen-bond acceptors (Lipinski definition) is 3. The Morgan fingerprint density at radius 3 is 2.38 bits per heavy atom. The number of quaternary nitrogens is 1. The number of ether oxygens (including phenoxy) is 1. The molecule has 2 aromatic carbocycles. The second-order valence-electron chi connectivity index (χ2n) is 7.34. The molecule has 156 valence electrons. The molecule has 1 unspecified atom stereocenters. The van der Waals surface area contributed by atoms with Crippen LogP contribution in [0.15, 0.2) is 48.5 Å². The van der Waals surface area contributed by atoms with Crippen molar-refractivity contribution in [3.8, 4) is 0 Å². The maximum Gasteiger partial charge on any atom is 0.279 e. The van der Waals surface area contributed by atoms with Crippen LogP contribution in [-0.2, 0) is 14.3 Å². The van der Waals surface area contributed by atoms with E-state index >= 15 is 0 Å². The normalized spacial score (nSPS) is 12.8. The van der Waals surface area contributed by atoms with E-state index in [-0.39, 0.29) is 30.9 Å². The lowest BCUT2D eigenvalue weighted by Crippen LogP contribution is -3.14. The molecular weight excluding hydrogens is 366 g/mol. The Kier molecular flexibility index (Phi) is 8.83. The highest BCUT2D eigenvalue weighted by Crippen LogP contribution is 2.17. The number of nitrogens with one attached hydrogen (secondary N) is 3. The number of carbonyl (C=O) groups is 2. The Morgan fingerprint density at radius 2 is 1.69 bits per heavy atom. The lowest BCUT2D eigenvalue weighted by Gasteiger charge is -2.20. The third-order valence-corrected chi connectivity index (χ3v) is 5.04. The molecule has 2 amide bonds. The van der Waals surface area contributed by atoms with Crippen molar-refractivity contribution in [2.45, 2.75) is 26.8 Å². The highest BCUT2D eigenvalue weighted by atomic mass is 16.5. The first kappa shape index (κ1) is 22.6. The maximum atomic E-state index is 12.6. The molecule has 0 radical (unpaired) electrons. The van der Waals surface area contributed by atoms with Crippen LogP contribution in [0.2, 0.25) is 0 Å². The van der Waals surface area contributed by atoms with E-state index in [1.165, 1.54) is 0 Å². The number of hydrogen-bond donors (Lipinski definition) is 3. The van der Waals surface area contributed by atoms with Crippen LogP contribution in [0.5, 0.6) is 0 Å². The van der Waals surface area contributed by atoms with Crippen molar-refractivity contribution in [2.24, 2.45) is 0 Å². The van der Waals surface area contributed by atoms with E-state index in [2.05, 4.69) is 10.6 Å². The SMILES string of the molecule is COCC[NH+](CC(=O)Nc1cccc(C)c1C)CC(=O)N[C@@H](C)c1ccccc1. The predicted octanol–water partition coefficient (Wildman–Crippen LogP) is 1.65. The molecule has 0 fully saturated rings. The molecule has 2 rings (SSSR count). The minimum atomic E-state index is -0.117. The molecule has 0 bridgehead atoms. The third kappa shape index (κ3) is 7.33. The van der Waals surface area contributed by atoms with Crippen molar-refractivity contribution in [3.63, 3.8) is 0 Å². The monoisotopic (exact) mass is 398 g/mol. The molecule has 0 saturated heterocycles. The Morgan fingerprint density at radius 1 is 1.00 bits per heavy atom. The lowest BCUT2D eigenvalue weighted by atomic mass is 10.1. The molecule has 0 aliphatic heterocycles. The van der Waals surface area contributed by atoms with Gasteiger partial charge < -0.3 is 20.3 Å². The van der Waals surface area contributed by atoms with Gasteiger partial charge >= 0.3 is 0 Å². The molecule has 0 aliphatic carbocycles. The Hall–Kier alpha value is -2.70. The summed E-state index contributed by atoms with van der Waals surface area (Å²) in [6, 6.07) is 15.6. The van der Waals surface area contributed by atoms with Crippen LogP contribution in [0.1, 0.15) is 29.7 Å². The zero-order valence-corrected chi connectivity index (χ0v) is 17.7. The number of carbonyl (C=O) groups excluding carboxylic acids is 2. The molecule has 0 aliphatic rings. The number of methoxy groups -OCH3 is 1. The van der Waals surface area contributed by atoms with Gasteiger partial charge in [-0.2, -0.15) is 0 Å². The van der Waals surface area contributed by atoms with Gasteiger partial charge in [0.1, 0.15) is 6.54 Å². The highest BCUT2D eigenvalue weighted by molar-refractivity contribution is 5.92. The number of aryl methyl sites for hydroxylation is 1. The first-order chi connectivity index (χ1) is 13.9. The van der Waals surface area contributed by atoms with Crippen molar-refractivity contribution in [2.75, 3.05) is 38.7 Å². The van der Waals surface area contributed by atoms with Crippen LogP contribution in [0.3, 0.4) is 0 Å². The fourth-order valence-corrected chi connectivity index (χ4v) is 3.14. The van der Waals surface area contributed by atoms with Gasteiger partial charge in [-0.3, -0.25) is 9.59 Å². The summed E-state index contributed by atoms with van der Waals surface area (Å²) in [4.78, 5) is 26.0. The summed E-state index contributed by atoms with van der Waals surface area (Å²) in [6.07, 6.45) is 0. The van der Waals surface area contributed by atoms with Gasteiger partial charge in [0.15, 0.2) is 13.1 Å². The van der Waals surface area contributed by atoms with Gasteiger partial charge in [-0.1, -0.05) is 42.5 Å². The quantitative estimate of drug-likeness (QED) is 0.570. The van der Waals surface area contributed by atoms with E-state index in [4.69, 9.17) is 4.74 Å². The number of rotatable bonds is 10. The summed E-state index contributed by atoms with van der Waals surface area (Å²) in [5, 5.41) is 5.98. The summed E-state index contributed by atoms with van der Waals surface area (Å²) in [5.74, 6) is -0.208. The molecule has 0 spiro atoms. The zero-order chi connectivity index (χ0) is 21.2. The van der Waals surface area contributed by atoms with Crippen molar-refractivity contribution >= 4 is 17.5 Å². The van der Waals surface area contributed by atoms with E-state index in [9.17, 15) is 9.59 Å². The second kappa shape index (κ2) is 11.3. The summed E-state index contributed by atoms with van der Waals surface area (Å²) in [6.45, 7) is 7.41. The van der Waals surface area contributed by atoms with Crippen molar-refractivity contribution < 1.29 is 19.2 Å². The van der Waals surface area contributed by atoms with Crippen LogP contribution >= 0.6 is 0 Å². The summed E-state index contributed by atoms with van der Waals surface area (Å²) in [7, 11) is 1.62. The van der Waals surface area contributed by atoms with Crippen LogP contribution in [0.25, 0.3) is 0 Å². The van der Waals surface area contributed by atoms with Crippen LogP contribution in [0.4, 0.5) is 5.69 Å². The van der Waals surface area contributed by atoms with E-state index in [0.717, 1.165) is 27.3 Å². The van der Waals surface area contributed by atoms with Crippen molar-refractivity contribution in [1.29, 1.82) is 0 Å². The van der Waals surface area contributed by atoms with E-state index in [1.807, 2.05) is 69.3 Å². The third-order valence-electron chi connectivity index (χ3n) is 5.04. The molecule has 3 N–H and O–H groups in total. The van der Waals surface area contributed by atoms with Gasteiger partial charge in [-0.25, -0.2) is 0 Å². The van der Waals surface area contributed by atoms with E-state index in [1.54, 1.807) is 7.11 Å². The first-order valence-corrected chi connectivity index (χ1v) is 9.93. The Labute approximate surface area is 173 Å². The van der Waals surface area contributed by atoms with Gasteiger partial charge in [0.2, 0.25) is 0 Å². The molecule has 6 nitrogen and oxygen atoms in total. The fourth-order valence-electron chi connectivity index (χ4n) is 3.14. The number of amides is 2. The minimum absolute atomic E-state index is 0.0869. The van der Waals surface area contributed by atoms with Crippen LogP contribution in [0, 0.1) is 13.8 Å². The average molecular weight is 399 g/mol. The number of benzene rings is 2. The largest absolute Gasteiger partial charge is 0.379 e. The van der Waals surface area contributed by atoms with Gasteiger partial charge in [0.25, 0.3) is 11.8 Å². The minimum Gasteiger partial charge on any atom is -0.379 e. The molecular formula is C23H32N3O3+. The number of anilines is 1. The van der Waals surface area contributed by atoms with Crippen LogP contribution in [-0.4, -0.2) is 45.2 Å². The molecule has 29 heavy (non-hydrogen) atoms. The lowest BCUT2D eigenvalue weighted by molar-refractivity contribution is -0.884. The van der Waals surface area contributed by atoms with Gasteiger partial charge in [0, 0.05) is 12.8 Å². The van der Waals surface area contributed by atoms with Crippen LogP contribution < -0.4 is 15.5 Å². The molecule has 2 atom stereocenters. The summed E-state index contributed by atoms with van der Waals surface area (Å²) >= 11 is 0. The van der Waals surface area contributed by atoms with Gasteiger partial charge in [-0.15, -0.1) is 0 Å². The average Bonchev–Trinajstić information content (AvgIpc) is 2.70. The van der Waals surface area contributed by atoms with Gasteiger partial charge in [-0.05, 0) is 43.5 Å². The standard InChI is InChI=1S/C23H31N3O3/c1-17-9-8-12-21(18(17)2)25-23(28)16-26(13-14-29-4)15-22(27)24-19(3)20-10-6-5-7-11-20/h5-12,19H,13-16H2,1-4H3,(H,24,27)(H,25,28)/p+1/t19-/m0/s1. The summed E-state index contributed by atoms with van der Waals surface area (Å²) in [5.41, 5.74) is 4.03. The Bertz CT molecular complexity index is 808. The topological polar surface area (TPSA) is 71.9 Å². The molecule has 0 saturated carbocycles. The maximum absolute atomic E-state index is 12.6. The molecule has 6 heteroatoms. The van der Waals surface area contributed by atoms with E-state index < -0.39 is 0 Å². The zero-order valence-electron chi connectivity index (χ0n) is 17.7. The van der Waals surface area contributed by atoms with Crippen molar-refractivity contribution in [1.82, 2.24) is 5.32 Å². The smallest absolute Gasteiger partial charge is 0.279 e. The molecule has 2 aromatic rings.